The van der Waals surface area contributed by atoms with Gasteiger partial charge in [-0.05, 0) is 99.1 Å². The van der Waals surface area contributed by atoms with Crippen LogP contribution in [0.15, 0.2) is 245 Å². The molecule has 0 N–H and O–H groups in total. The highest BCUT2D eigenvalue weighted by Gasteiger charge is 2.22. The summed E-state index contributed by atoms with van der Waals surface area (Å²) in [6.45, 7) is 0. The zero-order valence-electron chi connectivity index (χ0n) is 34.3. The predicted molar refractivity (Wildman–Crippen MR) is 263 cm³/mol. The molecule has 0 bridgehead atoms. The Kier molecular flexibility index (Phi) is 8.83. The fourth-order valence-electron chi connectivity index (χ4n) is 9.34. The molecular formula is C60H39NO2. The summed E-state index contributed by atoms with van der Waals surface area (Å²) in [6.07, 6.45) is 0. The second kappa shape index (κ2) is 15.3. The van der Waals surface area contributed by atoms with Gasteiger partial charge in [-0.15, -0.1) is 0 Å². The molecule has 12 rings (SSSR count). The Morgan fingerprint density at radius 3 is 1.54 bits per heavy atom. The van der Waals surface area contributed by atoms with Crippen molar-refractivity contribution >= 4 is 60.9 Å². The number of fused-ring (bicyclic) bond motifs is 6. The molecule has 0 aliphatic heterocycles. The lowest BCUT2D eigenvalue weighted by Crippen LogP contribution is -2.11. The number of benzene rings is 10. The van der Waals surface area contributed by atoms with E-state index in [0.717, 1.165) is 88.8 Å². The summed E-state index contributed by atoms with van der Waals surface area (Å²) in [5.41, 5.74) is 18.1. The van der Waals surface area contributed by atoms with Gasteiger partial charge in [-0.3, -0.25) is 0 Å². The molecule has 10 aromatic carbocycles. The molecule has 0 aliphatic carbocycles. The summed E-state index contributed by atoms with van der Waals surface area (Å²) in [7, 11) is 0. The first-order chi connectivity index (χ1) is 31.2. The third-order valence-corrected chi connectivity index (χ3v) is 12.3. The first-order valence-electron chi connectivity index (χ1n) is 21.4. The van der Waals surface area contributed by atoms with Gasteiger partial charge in [0, 0.05) is 44.0 Å². The minimum atomic E-state index is 0.861. The Hall–Kier alpha value is -8.40. The summed E-state index contributed by atoms with van der Waals surface area (Å²) in [4.78, 5) is 2.39. The molecule has 296 valence electrons. The van der Waals surface area contributed by atoms with E-state index in [0.29, 0.717) is 0 Å². The molecular weight excluding hydrogens is 767 g/mol. The van der Waals surface area contributed by atoms with Gasteiger partial charge in [-0.2, -0.15) is 0 Å². The molecule has 12 aromatic rings. The minimum absolute atomic E-state index is 0.861. The molecule has 63 heavy (non-hydrogen) atoms. The molecule has 0 atom stereocenters. The standard InChI is InChI=1S/C60H39NO2/c1-3-16-40(17-4-1)43-32-36-46(41-18-5-2-6-19-41)54(38-43)49-21-8-7-20-48(49)50-22-9-12-27-56(50)61(45-35-37-59-55(39-45)52-24-11-13-28-57(52)62-59)44-33-30-42(31-34-44)47-25-15-26-53-51-23-10-14-29-58(51)63-60(47)53/h1-39H. The van der Waals surface area contributed by atoms with Gasteiger partial charge in [0.05, 0.1) is 5.69 Å². The van der Waals surface area contributed by atoms with Crippen LogP contribution in [0.3, 0.4) is 0 Å². The summed E-state index contributed by atoms with van der Waals surface area (Å²) < 4.78 is 12.8. The van der Waals surface area contributed by atoms with Gasteiger partial charge in [0.15, 0.2) is 0 Å². The first kappa shape index (κ1) is 36.5. The average Bonchev–Trinajstić information content (AvgIpc) is 3.93. The highest BCUT2D eigenvalue weighted by atomic mass is 16.3. The molecule has 3 heteroatoms. The van der Waals surface area contributed by atoms with E-state index in [9.17, 15) is 0 Å². The van der Waals surface area contributed by atoms with Crippen LogP contribution in [0.4, 0.5) is 17.1 Å². The largest absolute Gasteiger partial charge is 0.456 e. The van der Waals surface area contributed by atoms with Crippen LogP contribution in [0.1, 0.15) is 0 Å². The van der Waals surface area contributed by atoms with Crippen LogP contribution in [-0.2, 0) is 0 Å². The quantitative estimate of drug-likeness (QED) is 0.153. The molecule has 2 aromatic heterocycles. The van der Waals surface area contributed by atoms with Gasteiger partial charge in [-0.1, -0.05) is 182 Å². The van der Waals surface area contributed by atoms with Crippen LogP contribution >= 0.6 is 0 Å². The molecule has 0 radical (unpaired) electrons. The van der Waals surface area contributed by atoms with Crippen LogP contribution in [0.2, 0.25) is 0 Å². The number of para-hydroxylation sites is 4. The van der Waals surface area contributed by atoms with Crippen molar-refractivity contribution in [1.82, 2.24) is 0 Å². The molecule has 0 unspecified atom stereocenters. The van der Waals surface area contributed by atoms with E-state index >= 15 is 0 Å². The van der Waals surface area contributed by atoms with E-state index in [1.54, 1.807) is 0 Å². The van der Waals surface area contributed by atoms with Crippen molar-refractivity contribution in [2.24, 2.45) is 0 Å². The third-order valence-electron chi connectivity index (χ3n) is 12.3. The van der Waals surface area contributed by atoms with E-state index in [1.807, 2.05) is 24.3 Å². The van der Waals surface area contributed by atoms with Crippen LogP contribution in [0, 0.1) is 0 Å². The van der Waals surface area contributed by atoms with E-state index in [2.05, 4.69) is 217 Å². The van der Waals surface area contributed by atoms with E-state index < -0.39 is 0 Å². The van der Waals surface area contributed by atoms with E-state index in [4.69, 9.17) is 8.83 Å². The molecule has 0 saturated carbocycles. The normalized spacial score (nSPS) is 11.5. The number of furan rings is 2. The van der Waals surface area contributed by atoms with E-state index in [-0.39, 0.29) is 0 Å². The molecule has 2 heterocycles. The number of nitrogens with zero attached hydrogens (tertiary/aromatic N) is 1. The van der Waals surface area contributed by atoms with Crippen LogP contribution in [0.25, 0.3) is 99.5 Å². The molecule has 0 spiro atoms. The number of hydrogen-bond donors (Lipinski definition) is 0. The van der Waals surface area contributed by atoms with Gasteiger partial charge < -0.3 is 13.7 Å². The van der Waals surface area contributed by atoms with Crippen LogP contribution in [-0.4, -0.2) is 0 Å². The molecule has 0 saturated heterocycles. The van der Waals surface area contributed by atoms with Crippen molar-refractivity contribution in [3.63, 3.8) is 0 Å². The first-order valence-corrected chi connectivity index (χ1v) is 21.4. The second-order valence-electron chi connectivity index (χ2n) is 16.0. The summed E-state index contributed by atoms with van der Waals surface area (Å²) >= 11 is 0. The monoisotopic (exact) mass is 805 g/mol. The fourth-order valence-corrected chi connectivity index (χ4v) is 9.34. The number of hydrogen-bond acceptors (Lipinski definition) is 3. The van der Waals surface area contributed by atoms with Crippen molar-refractivity contribution in [1.29, 1.82) is 0 Å². The SMILES string of the molecule is c1ccc(-c2ccc(-c3ccccc3)c(-c3ccccc3-c3ccccc3N(c3ccc(-c4cccc5c4oc4ccccc45)cc3)c3ccc4oc5ccccc5c4c3)c2)cc1. The lowest BCUT2D eigenvalue weighted by Gasteiger charge is -2.29. The van der Waals surface area contributed by atoms with Gasteiger partial charge in [-0.25, -0.2) is 0 Å². The maximum Gasteiger partial charge on any atom is 0.143 e. The average molecular weight is 806 g/mol. The lowest BCUT2D eigenvalue weighted by molar-refractivity contribution is 0.669. The Morgan fingerprint density at radius 2 is 0.778 bits per heavy atom. The predicted octanol–water partition coefficient (Wildman–Crippen LogP) is 17.3. The highest BCUT2D eigenvalue weighted by molar-refractivity contribution is 6.10. The zero-order chi connectivity index (χ0) is 41.7. The summed E-state index contributed by atoms with van der Waals surface area (Å²) in [5.74, 6) is 0. The molecule has 0 fully saturated rings. The Morgan fingerprint density at radius 1 is 0.254 bits per heavy atom. The van der Waals surface area contributed by atoms with Crippen molar-refractivity contribution < 1.29 is 8.83 Å². The fraction of sp³-hybridized carbons (Fsp3) is 0. The molecule has 0 aliphatic rings. The van der Waals surface area contributed by atoms with E-state index in [1.165, 1.54) is 27.8 Å². The Labute approximate surface area is 365 Å². The maximum atomic E-state index is 6.48. The lowest BCUT2D eigenvalue weighted by atomic mass is 9.87. The number of rotatable bonds is 8. The molecule has 3 nitrogen and oxygen atoms in total. The summed E-state index contributed by atoms with van der Waals surface area (Å²) in [6, 6.07) is 84.3. The maximum absolute atomic E-state index is 6.48. The van der Waals surface area contributed by atoms with Crippen LogP contribution in [0.5, 0.6) is 0 Å². The second-order valence-corrected chi connectivity index (χ2v) is 16.0. The topological polar surface area (TPSA) is 29.5 Å². The minimum Gasteiger partial charge on any atom is -0.456 e. The Bertz CT molecular complexity index is 3620. The van der Waals surface area contributed by atoms with Crippen molar-refractivity contribution in [2.75, 3.05) is 4.90 Å². The van der Waals surface area contributed by atoms with Crippen LogP contribution < -0.4 is 4.90 Å². The Balaban J connectivity index is 1.05. The highest BCUT2D eigenvalue weighted by Crippen LogP contribution is 2.47. The van der Waals surface area contributed by atoms with Gasteiger partial charge in [0.2, 0.25) is 0 Å². The van der Waals surface area contributed by atoms with Gasteiger partial charge >= 0.3 is 0 Å². The van der Waals surface area contributed by atoms with Crippen molar-refractivity contribution in [3.05, 3.63) is 237 Å². The zero-order valence-corrected chi connectivity index (χ0v) is 34.3. The van der Waals surface area contributed by atoms with Crippen molar-refractivity contribution in [2.45, 2.75) is 0 Å². The van der Waals surface area contributed by atoms with Gasteiger partial charge in [0.1, 0.15) is 22.3 Å². The third kappa shape index (κ3) is 6.38. The van der Waals surface area contributed by atoms with Gasteiger partial charge in [0.25, 0.3) is 0 Å². The smallest absolute Gasteiger partial charge is 0.143 e. The molecule has 0 amide bonds. The van der Waals surface area contributed by atoms with Crippen molar-refractivity contribution in [3.8, 4) is 55.6 Å². The number of anilines is 3. The summed E-state index contributed by atoms with van der Waals surface area (Å²) in [5, 5.41) is 4.41.